The topological polar surface area (TPSA) is 87.0 Å². The van der Waals surface area contributed by atoms with Crippen LogP contribution in [0.2, 0.25) is 0 Å². The van der Waals surface area contributed by atoms with Gasteiger partial charge in [0.05, 0.1) is 5.75 Å². The summed E-state index contributed by atoms with van der Waals surface area (Å²) in [4.78, 5) is 37.9. The van der Waals surface area contributed by atoms with Crippen molar-refractivity contribution in [3.8, 4) is 0 Å². The molecular formula is C8H6N2O4S. The first kappa shape index (κ1) is 9.91. The maximum absolute atomic E-state index is 11.5. The summed E-state index contributed by atoms with van der Waals surface area (Å²) in [5.41, 5.74) is -0.168. The number of carbonyl (C=O) groups excluding carboxylic acids is 3. The zero-order valence-electron chi connectivity index (χ0n) is 7.68. The van der Waals surface area contributed by atoms with Gasteiger partial charge in [0.15, 0.2) is 5.76 Å². The van der Waals surface area contributed by atoms with Crippen molar-refractivity contribution >= 4 is 34.5 Å². The summed E-state index contributed by atoms with van der Waals surface area (Å²) in [5.74, 6) is -2.26. The molecule has 2 aliphatic heterocycles. The van der Waals surface area contributed by atoms with E-state index in [1.165, 1.54) is 7.05 Å². The monoisotopic (exact) mass is 226 g/mol. The smallest absolute Gasteiger partial charge is 0.296 e. The Kier molecular flexibility index (Phi) is 2.11. The van der Waals surface area contributed by atoms with Crippen LogP contribution in [-0.2, 0) is 14.4 Å². The Bertz CT molecular complexity index is 452. The van der Waals surface area contributed by atoms with Crippen molar-refractivity contribution in [2.45, 2.75) is 0 Å². The van der Waals surface area contributed by atoms with E-state index in [0.717, 1.165) is 16.7 Å². The van der Waals surface area contributed by atoms with Gasteiger partial charge in [0, 0.05) is 7.05 Å². The molecule has 7 heteroatoms. The second-order valence-electron chi connectivity index (χ2n) is 2.99. The number of hydrogen-bond donors (Lipinski definition) is 1. The lowest BCUT2D eigenvalue weighted by atomic mass is 10.2. The summed E-state index contributed by atoms with van der Waals surface area (Å²) in [6.07, 6.45) is 0. The lowest BCUT2D eigenvalue weighted by Gasteiger charge is -2.04. The van der Waals surface area contributed by atoms with Crippen LogP contribution in [0.5, 0.6) is 0 Å². The van der Waals surface area contributed by atoms with Crippen LogP contribution in [0, 0.1) is 0 Å². The second-order valence-corrected chi connectivity index (χ2v) is 3.96. The number of likely N-dealkylation sites (N-methyl/N-ethyl adjacent to an activating group) is 1. The molecule has 0 saturated carbocycles. The van der Waals surface area contributed by atoms with E-state index in [0.29, 0.717) is 0 Å². The average Bonchev–Trinajstić information content (AvgIpc) is 2.68. The first-order valence-corrected chi connectivity index (χ1v) is 5.01. The molecule has 6 nitrogen and oxygen atoms in total. The number of rotatable bonds is 1. The normalized spacial score (nSPS) is 21.8. The molecule has 0 aliphatic carbocycles. The van der Waals surface area contributed by atoms with Gasteiger partial charge in [-0.1, -0.05) is 11.8 Å². The SMILES string of the molecule is CN1C(=O)C(O)=C(C2=NC(=O)CS2)C1=O. The van der Waals surface area contributed by atoms with Gasteiger partial charge >= 0.3 is 0 Å². The number of carbonyl (C=O) groups is 3. The number of aliphatic hydroxyl groups excluding tert-OH is 1. The molecule has 0 fully saturated rings. The van der Waals surface area contributed by atoms with Crippen molar-refractivity contribution in [3.05, 3.63) is 11.3 Å². The van der Waals surface area contributed by atoms with Crippen molar-refractivity contribution in [1.82, 2.24) is 4.90 Å². The molecule has 0 aromatic rings. The third kappa shape index (κ3) is 1.35. The fraction of sp³-hybridized carbons (Fsp3) is 0.250. The van der Waals surface area contributed by atoms with Gasteiger partial charge in [0.1, 0.15) is 10.6 Å². The molecule has 0 saturated heterocycles. The Morgan fingerprint density at radius 1 is 1.33 bits per heavy atom. The Labute approximate surface area is 88.6 Å². The molecule has 0 bridgehead atoms. The third-order valence-corrected chi connectivity index (χ3v) is 3.00. The number of aliphatic hydroxyl groups is 1. The Hall–Kier alpha value is -1.63. The molecule has 2 aliphatic rings. The molecule has 0 spiro atoms. The fourth-order valence-corrected chi connectivity index (χ4v) is 2.08. The largest absolute Gasteiger partial charge is 0.502 e. The van der Waals surface area contributed by atoms with E-state index in [-0.39, 0.29) is 22.3 Å². The summed E-state index contributed by atoms with van der Waals surface area (Å²) in [5, 5.41) is 9.53. The Morgan fingerprint density at radius 3 is 2.40 bits per heavy atom. The lowest BCUT2D eigenvalue weighted by Crippen LogP contribution is -2.27. The van der Waals surface area contributed by atoms with Crippen LogP contribution in [0.15, 0.2) is 16.3 Å². The van der Waals surface area contributed by atoms with Crippen LogP contribution >= 0.6 is 11.8 Å². The van der Waals surface area contributed by atoms with Gasteiger partial charge in [-0.15, -0.1) is 0 Å². The molecule has 0 atom stereocenters. The van der Waals surface area contributed by atoms with E-state index in [1.807, 2.05) is 0 Å². The molecule has 2 heterocycles. The van der Waals surface area contributed by atoms with Gasteiger partial charge in [-0.25, -0.2) is 4.99 Å². The van der Waals surface area contributed by atoms with Crippen molar-refractivity contribution in [2.75, 3.05) is 12.8 Å². The van der Waals surface area contributed by atoms with Crippen molar-refractivity contribution in [2.24, 2.45) is 4.99 Å². The van der Waals surface area contributed by atoms with Crippen LogP contribution in [0.3, 0.4) is 0 Å². The Morgan fingerprint density at radius 2 is 2.00 bits per heavy atom. The molecule has 0 unspecified atom stereocenters. The quantitative estimate of drug-likeness (QED) is 0.607. The summed E-state index contributed by atoms with van der Waals surface area (Å²) < 4.78 is 0. The van der Waals surface area contributed by atoms with Gasteiger partial charge in [0.25, 0.3) is 17.7 Å². The summed E-state index contributed by atoms with van der Waals surface area (Å²) in [6, 6.07) is 0. The minimum Gasteiger partial charge on any atom is -0.502 e. The van der Waals surface area contributed by atoms with Crippen molar-refractivity contribution in [1.29, 1.82) is 0 Å². The van der Waals surface area contributed by atoms with Crippen molar-refractivity contribution < 1.29 is 19.5 Å². The zero-order chi connectivity index (χ0) is 11.2. The van der Waals surface area contributed by atoms with Gasteiger partial charge < -0.3 is 5.11 Å². The number of hydrogen-bond acceptors (Lipinski definition) is 5. The van der Waals surface area contributed by atoms with E-state index in [1.54, 1.807) is 0 Å². The minimum atomic E-state index is -0.766. The molecule has 15 heavy (non-hydrogen) atoms. The van der Waals surface area contributed by atoms with Crippen LogP contribution in [0.25, 0.3) is 0 Å². The molecule has 78 valence electrons. The van der Waals surface area contributed by atoms with E-state index in [2.05, 4.69) is 4.99 Å². The molecule has 3 amide bonds. The van der Waals surface area contributed by atoms with Gasteiger partial charge in [0.2, 0.25) is 0 Å². The molecule has 1 N–H and O–H groups in total. The Balaban J connectivity index is 2.45. The fourth-order valence-electron chi connectivity index (χ4n) is 1.26. The highest BCUT2D eigenvalue weighted by Gasteiger charge is 2.40. The number of amides is 3. The van der Waals surface area contributed by atoms with Gasteiger partial charge in [-0.3, -0.25) is 19.3 Å². The number of nitrogens with zero attached hydrogens (tertiary/aromatic N) is 2. The predicted molar refractivity (Wildman–Crippen MR) is 52.3 cm³/mol. The highest BCUT2D eigenvalue weighted by Crippen LogP contribution is 2.27. The highest BCUT2D eigenvalue weighted by molar-refractivity contribution is 8.15. The molecule has 0 aromatic carbocycles. The van der Waals surface area contributed by atoms with Crippen LogP contribution in [0.1, 0.15) is 0 Å². The van der Waals surface area contributed by atoms with E-state index in [9.17, 15) is 19.5 Å². The molecular weight excluding hydrogens is 220 g/mol. The van der Waals surface area contributed by atoms with E-state index in [4.69, 9.17) is 0 Å². The van der Waals surface area contributed by atoms with E-state index >= 15 is 0 Å². The van der Waals surface area contributed by atoms with Crippen LogP contribution in [0.4, 0.5) is 0 Å². The van der Waals surface area contributed by atoms with Crippen molar-refractivity contribution in [3.63, 3.8) is 0 Å². The van der Waals surface area contributed by atoms with Crippen LogP contribution < -0.4 is 0 Å². The molecule has 2 rings (SSSR count). The van der Waals surface area contributed by atoms with Gasteiger partial charge in [-0.05, 0) is 0 Å². The number of aliphatic imine (C=N–C) groups is 1. The van der Waals surface area contributed by atoms with Crippen LogP contribution in [-0.4, -0.2) is 45.6 Å². The third-order valence-electron chi connectivity index (χ3n) is 2.03. The molecule has 0 aromatic heterocycles. The van der Waals surface area contributed by atoms with E-state index < -0.39 is 17.6 Å². The first-order chi connectivity index (χ1) is 7.02. The summed E-state index contributed by atoms with van der Waals surface area (Å²) >= 11 is 1.04. The summed E-state index contributed by atoms with van der Waals surface area (Å²) in [6.45, 7) is 0. The predicted octanol–water partition coefficient (Wildman–Crippen LogP) is -0.531. The zero-order valence-corrected chi connectivity index (χ0v) is 8.50. The average molecular weight is 226 g/mol. The minimum absolute atomic E-state index is 0.125. The number of thioether (sulfide) groups is 1. The first-order valence-electron chi connectivity index (χ1n) is 4.02. The summed E-state index contributed by atoms with van der Waals surface area (Å²) in [7, 11) is 1.26. The maximum atomic E-state index is 11.5. The molecule has 0 radical (unpaired) electrons. The lowest BCUT2D eigenvalue weighted by molar-refractivity contribution is -0.136. The van der Waals surface area contributed by atoms with Gasteiger partial charge in [-0.2, -0.15) is 0 Å². The standard InChI is InChI=1S/C8H6N2O4S/c1-10-7(13)4(5(12)8(10)14)6-9-3(11)2-15-6/h12H,2H2,1H3. The number of imide groups is 1. The second kappa shape index (κ2) is 3.20. The highest BCUT2D eigenvalue weighted by atomic mass is 32.2. The maximum Gasteiger partial charge on any atom is 0.296 e.